The van der Waals surface area contributed by atoms with Crippen LogP contribution in [0.25, 0.3) is 21.2 Å². The van der Waals surface area contributed by atoms with Crippen molar-refractivity contribution in [3.63, 3.8) is 0 Å². The van der Waals surface area contributed by atoms with E-state index in [9.17, 15) is 14.0 Å². The molecule has 2 aliphatic rings. The third-order valence-electron chi connectivity index (χ3n) is 7.44. The number of fused-ring (bicyclic) bond motifs is 1. The van der Waals surface area contributed by atoms with E-state index in [1.54, 1.807) is 12.1 Å². The largest absolute Gasteiger partial charge is 0.337 e. The van der Waals surface area contributed by atoms with Crippen molar-refractivity contribution < 1.29 is 14.0 Å². The molecule has 188 valence electrons. The molecule has 0 bridgehead atoms. The first-order chi connectivity index (χ1) is 18.0. The van der Waals surface area contributed by atoms with E-state index in [1.165, 1.54) is 23.5 Å². The lowest BCUT2D eigenvalue weighted by Crippen LogP contribution is -2.62. The lowest BCUT2D eigenvalue weighted by molar-refractivity contribution is 0.0557. The van der Waals surface area contributed by atoms with Crippen LogP contribution < -0.4 is 5.32 Å². The second kappa shape index (κ2) is 9.72. The number of hydrogen-bond acceptors (Lipinski definition) is 4. The summed E-state index contributed by atoms with van der Waals surface area (Å²) < 4.78 is 14.4. The van der Waals surface area contributed by atoms with Crippen LogP contribution in [-0.4, -0.2) is 59.9 Å². The molecule has 2 aliphatic heterocycles. The fraction of sp³-hybridized carbons (Fsp3) is 0.267. The van der Waals surface area contributed by atoms with Gasteiger partial charge >= 0.3 is 0 Å². The van der Waals surface area contributed by atoms with E-state index < -0.39 is 0 Å². The van der Waals surface area contributed by atoms with E-state index in [4.69, 9.17) is 0 Å². The van der Waals surface area contributed by atoms with Crippen molar-refractivity contribution in [2.45, 2.75) is 25.4 Å². The minimum atomic E-state index is -0.252. The smallest absolute Gasteiger partial charge is 0.264 e. The van der Waals surface area contributed by atoms with E-state index in [-0.39, 0.29) is 29.7 Å². The summed E-state index contributed by atoms with van der Waals surface area (Å²) in [5, 5.41) is 4.72. The number of carbonyl (C=O) groups excluding carboxylic acids is 2. The second-order valence-electron chi connectivity index (χ2n) is 9.95. The lowest BCUT2D eigenvalue weighted by Gasteiger charge is -2.41. The van der Waals surface area contributed by atoms with Gasteiger partial charge in [-0.25, -0.2) is 4.39 Å². The van der Waals surface area contributed by atoms with Gasteiger partial charge in [-0.1, -0.05) is 36.4 Å². The standard InChI is InChI=1S/C30H28FN3O2S/c1-19-26-15-22(20-7-10-23(31)11-8-20)9-12-27(26)37-28(19)30(36)34-17-25(18-34)32-24-13-14-33(16-24)29(35)21-5-3-2-4-6-21/h2-12,15,24-25,32H,13-14,16-18H2,1H3/t24-/m0/s1. The Morgan fingerprint density at radius 3 is 2.32 bits per heavy atom. The molecule has 0 unspecified atom stereocenters. The van der Waals surface area contributed by atoms with Gasteiger partial charge in [-0.15, -0.1) is 11.3 Å². The monoisotopic (exact) mass is 513 g/mol. The Hall–Kier alpha value is -3.55. The minimum absolute atomic E-state index is 0.0763. The maximum Gasteiger partial charge on any atom is 0.264 e. The van der Waals surface area contributed by atoms with Crippen molar-refractivity contribution in [3.8, 4) is 11.1 Å². The van der Waals surface area contributed by atoms with Crippen LogP contribution in [0.4, 0.5) is 4.39 Å². The van der Waals surface area contributed by atoms with Crippen molar-refractivity contribution >= 4 is 33.2 Å². The van der Waals surface area contributed by atoms with Gasteiger partial charge < -0.3 is 15.1 Å². The third-order valence-corrected chi connectivity index (χ3v) is 8.71. The maximum atomic E-state index is 13.3. The molecular weight excluding hydrogens is 485 g/mol. The van der Waals surface area contributed by atoms with E-state index in [0.717, 1.165) is 50.2 Å². The molecule has 0 saturated carbocycles. The van der Waals surface area contributed by atoms with Gasteiger partial charge in [0, 0.05) is 48.5 Å². The molecule has 1 N–H and O–H groups in total. The summed E-state index contributed by atoms with van der Waals surface area (Å²) in [6.07, 6.45) is 0.925. The molecule has 2 saturated heterocycles. The molecule has 2 fully saturated rings. The number of aryl methyl sites for hydroxylation is 1. The van der Waals surface area contributed by atoms with E-state index in [1.807, 2.05) is 59.2 Å². The van der Waals surface area contributed by atoms with Gasteiger partial charge in [-0.05, 0) is 71.8 Å². The van der Waals surface area contributed by atoms with Crippen LogP contribution in [0.2, 0.25) is 0 Å². The number of hydrogen-bond donors (Lipinski definition) is 1. The molecule has 1 aromatic heterocycles. The third kappa shape index (κ3) is 4.65. The van der Waals surface area contributed by atoms with Crippen molar-refractivity contribution in [2.24, 2.45) is 0 Å². The highest BCUT2D eigenvalue weighted by atomic mass is 32.1. The van der Waals surface area contributed by atoms with Gasteiger partial charge in [0.25, 0.3) is 11.8 Å². The van der Waals surface area contributed by atoms with Crippen LogP contribution in [0.15, 0.2) is 72.8 Å². The van der Waals surface area contributed by atoms with Crippen LogP contribution in [0.5, 0.6) is 0 Å². The highest BCUT2D eigenvalue weighted by molar-refractivity contribution is 7.21. The molecule has 4 aromatic rings. The summed E-state index contributed by atoms with van der Waals surface area (Å²) >= 11 is 1.54. The zero-order valence-corrected chi connectivity index (χ0v) is 21.4. The number of nitrogens with zero attached hydrogens (tertiary/aromatic N) is 2. The summed E-state index contributed by atoms with van der Waals surface area (Å²) in [5.74, 6) is -0.0942. The molecule has 0 aliphatic carbocycles. The van der Waals surface area contributed by atoms with Crippen LogP contribution in [0, 0.1) is 12.7 Å². The zero-order chi connectivity index (χ0) is 25.5. The van der Waals surface area contributed by atoms with Crippen LogP contribution in [-0.2, 0) is 0 Å². The molecule has 0 spiro atoms. The quantitative estimate of drug-likeness (QED) is 0.392. The second-order valence-corrected chi connectivity index (χ2v) is 11.0. The highest BCUT2D eigenvalue weighted by Crippen LogP contribution is 2.35. The summed E-state index contributed by atoms with van der Waals surface area (Å²) in [6, 6.07) is 22.6. The number of likely N-dealkylation sites (tertiary alicyclic amines) is 2. The first-order valence-corrected chi connectivity index (χ1v) is 13.5. The van der Waals surface area contributed by atoms with Gasteiger partial charge in [-0.3, -0.25) is 9.59 Å². The van der Waals surface area contributed by atoms with Crippen LogP contribution >= 0.6 is 11.3 Å². The number of thiophene rings is 1. The summed E-state index contributed by atoms with van der Waals surface area (Å²) in [5.41, 5.74) is 3.69. The molecule has 0 radical (unpaired) electrons. The molecule has 7 heteroatoms. The lowest BCUT2D eigenvalue weighted by atomic mass is 10.0. The Balaban J connectivity index is 1.07. The fourth-order valence-corrected chi connectivity index (χ4v) is 6.48. The van der Waals surface area contributed by atoms with Gasteiger partial charge in [-0.2, -0.15) is 0 Å². The van der Waals surface area contributed by atoms with E-state index >= 15 is 0 Å². The van der Waals surface area contributed by atoms with Crippen molar-refractivity contribution in [2.75, 3.05) is 26.2 Å². The Kier molecular flexibility index (Phi) is 6.26. The van der Waals surface area contributed by atoms with Gasteiger partial charge in [0.05, 0.1) is 4.88 Å². The summed E-state index contributed by atoms with van der Waals surface area (Å²) in [6.45, 7) is 4.81. The van der Waals surface area contributed by atoms with Gasteiger partial charge in [0.15, 0.2) is 0 Å². The maximum absolute atomic E-state index is 13.3. The summed E-state index contributed by atoms with van der Waals surface area (Å²) in [7, 11) is 0. The van der Waals surface area contributed by atoms with Gasteiger partial charge in [0.2, 0.25) is 0 Å². The number of amides is 2. The van der Waals surface area contributed by atoms with Crippen LogP contribution in [0.3, 0.4) is 0 Å². The Bertz CT molecular complexity index is 1460. The number of rotatable bonds is 5. The normalized spacial score (nSPS) is 17.8. The molecule has 37 heavy (non-hydrogen) atoms. The molecule has 5 nitrogen and oxygen atoms in total. The van der Waals surface area contributed by atoms with Gasteiger partial charge in [0.1, 0.15) is 5.82 Å². The van der Waals surface area contributed by atoms with E-state index in [0.29, 0.717) is 19.6 Å². The fourth-order valence-electron chi connectivity index (χ4n) is 5.32. The summed E-state index contributed by atoms with van der Waals surface area (Å²) in [4.78, 5) is 30.6. The Morgan fingerprint density at radius 1 is 0.865 bits per heavy atom. The topological polar surface area (TPSA) is 52.7 Å². The number of halogens is 1. The highest BCUT2D eigenvalue weighted by Gasteiger charge is 2.36. The SMILES string of the molecule is Cc1c(C(=O)N2CC(N[C@H]3CCN(C(=O)c4ccccc4)C3)C2)sc2ccc(-c3ccc(F)cc3)cc12. The van der Waals surface area contributed by atoms with Crippen LogP contribution in [0.1, 0.15) is 32.0 Å². The first kappa shape index (κ1) is 23.8. The average molecular weight is 514 g/mol. The Morgan fingerprint density at radius 2 is 1.57 bits per heavy atom. The van der Waals surface area contributed by atoms with Crippen molar-refractivity contribution in [3.05, 3.63) is 94.6 Å². The molecule has 3 aromatic carbocycles. The Labute approximate surface area is 219 Å². The number of nitrogens with one attached hydrogen (secondary N) is 1. The predicted molar refractivity (Wildman–Crippen MR) is 146 cm³/mol. The predicted octanol–water partition coefficient (Wildman–Crippen LogP) is 5.34. The molecule has 6 rings (SSSR count). The minimum Gasteiger partial charge on any atom is -0.337 e. The number of benzene rings is 3. The van der Waals surface area contributed by atoms with E-state index in [2.05, 4.69) is 11.4 Å². The molecular formula is C30H28FN3O2S. The molecule has 1 atom stereocenters. The first-order valence-electron chi connectivity index (χ1n) is 12.6. The van der Waals surface area contributed by atoms with Crippen molar-refractivity contribution in [1.82, 2.24) is 15.1 Å². The number of carbonyl (C=O) groups is 2. The molecule has 3 heterocycles. The average Bonchev–Trinajstić information content (AvgIpc) is 3.50. The zero-order valence-electron chi connectivity index (χ0n) is 20.6. The molecule has 2 amide bonds. The van der Waals surface area contributed by atoms with Crippen molar-refractivity contribution in [1.29, 1.82) is 0 Å².